The lowest BCUT2D eigenvalue weighted by molar-refractivity contribution is 0.0965. The molecule has 0 unspecified atom stereocenters. The number of rotatable bonds is 1. The molecule has 1 aliphatic heterocycles. The zero-order chi connectivity index (χ0) is 17.2. The highest BCUT2D eigenvalue weighted by molar-refractivity contribution is 6.06. The Labute approximate surface area is 147 Å². The van der Waals surface area contributed by atoms with Crippen LogP contribution in [0.1, 0.15) is 27.2 Å². The number of fused-ring (bicyclic) bond motifs is 1. The minimum atomic E-state index is 0.0288. The largest absolute Gasteiger partial charge is 0.340 e. The molecule has 0 saturated heterocycles. The first kappa shape index (κ1) is 15.3. The van der Waals surface area contributed by atoms with Gasteiger partial charge in [-0.05, 0) is 42.8 Å². The number of carbonyl (C=O) groups excluding carboxylic acids is 1. The van der Waals surface area contributed by atoms with Gasteiger partial charge in [-0.3, -0.25) is 4.79 Å². The summed E-state index contributed by atoms with van der Waals surface area (Å²) < 4.78 is 2.00. The molecule has 1 amide bonds. The Morgan fingerprint density at radius 2 is 1.68 bits per heavy atom. The Kier molecular flexibility index (Phi) is 3.87. The van der Waals surface area contributed by atoms with Gasteiger partial charge in [0.05, 0.1) is 0 Å². The van der Waals surface area contributed by atoms with Crippen molar-refractivity contribution in [2.45, 2.75) is 13.5 Å². The maximum atomic E-state index is 12.8. The van der Waals surface area contributed by atoms with Crippen LogP contribution in [0.25, 0.3) is 0 Å². The molecule has 0 atom stereocenters. The summed E-state index contributed by atoms with van der Waals surface area (Å²) in [5.74, 6) is 6.39. The molecule has 1 aromatic heterocycles. The highest BCUT2D eigenvalue weighted by atomic mass is 16.2. The summed E-state index contributed by atoms with van der Waals surface area (Å²) in [6.45, 7) is 3.51. The Balaban J connectivity index is 1.62. The quantitative estimate of drug-likeness (QED) is 0.624. The van der Waals surface area contributed by atoms with Crippen LogP contribution in [0.2, 0.25) is 0 Å². The second-order valence-corrected chi connectivity index (χ2v) is 6.22. The fourth-order valence-electron chi connectivity index (χ4n) is 3.11. The summed E-state index contributed by atoms with van der Waals surface area (Å²) in [7, 11) is 0. The summed E-state index contributed by atoms with van der Waals surface area (Å²) in [5, 5.41) is 0. The molecular weight excluding hydrogens is 308 g/mol. The molecule has 0 radical (unpaired) electrons. The van der Waals surface area contributed by atoms with Crippen molar-refractivity contribution in [2.75, 3.05) is 11.4 Å². The zero-order valence-corrected chi connectivity index (χ0v) is 14.1. The van der Waals surface area contributed by atoms with E-state index in [1.54, 1.807) is 0 Å². The van der Waals surface area contributed by atoms with Crippen molar-refractivity contribution >= 4 is 11.6 Å². The van der Waals surface area contributed by atoms with Gasteiger partial charge in [0.15, 0.2) is 0 Å². The van der Waals surface area contributed by atoms with Crippen molar-refractivity contribution in [3.63, 3.8) is 0 Å². The van der Waals surface area contributed by atoms with Gasteiger partial charge >= 0.3 is 0 Å². The molecule has 0 saturated carbocycles. The molecule has 0 spiro atoms. The van der Waals surface area contributed by atoms with Gasteiger partial charge in [0.25, 0.3) is 5.91 Å². The fourth-order valence-corrected chi connectivity index (χ4v) is 3.11. The number of amides is 1. The number of hydrogen-bond acceptors (Lipinski definition) is 1. The molecular formula is C22H18N2O. The molecule has 0 fully saturated rings. The van der Waals surface area contributed by atoms with E-state index in [0.717, 1.165) is 23.4 Å². The van der Waals surface area contributed by atoms with Gasteiger partial charge in [-0.25, -0.2) is 0 Å². The number of carbonyl (C=O) groups is 1. The molecule has 3 heteroatoms. The van der Waals surface area contributed by atoms with Crippen molar-refractivity contribution in [2.24, 2.45) is 0 Å². The molecule has 0 N–H and O–H groups in total. The third kappa shape index (κ3) is 3.07. The number of hydrogen-bond donors (Lipinski definition) is 0. The van der Waals surface area contributed by atoms with E-state index in [1.807, 2.05) is 64.2 Å². The van der Waals surface area contributed by atoms with E-state index >= 15 is 0 Å². The molecule has 2 aromatic carbocycles. The van der Waals surface area contributed by atoms with Crippen LogP contribution < -0.4 is 4.90 Å². The average Bonchev–Trinajstić information content (AvgIpc) is 3.05. The predicted molar refractivity (Wildman–Crippen MR) is 99.7 cm³/mol. The van der Waals surface area contributed by atoms with Gasteiger partial charge in [0.2, 0.25) is 0 Å². The Morgan fingerprint density at radius 3 is 2.48 bits per heavy atom. The number of aromatic nitrogens is 1. The van der Waals surface area contributed by atoms with Gasteiger partial charge in [0.1, 0.15) is 5.69 Å². The van der Waals surface area contributed by atoms with Crippen LogP contribution >= 0.6 is 0 Å². The lowest BCUT2D eigenvalue weighted by Gasteiger charge is -2.28. The first-order valence-electron chi connectivity index (χ1n) is 8.36. The van der Waals surface area contributed by atoms with E-state index in [-0.39, 0.29) is 5.91 Å². The van der Waals surface area contributed by atoms with Crippen molar-refractivity contribution in [1.82, 2.24) is 4.57 Å². The van der Waals surface area contributed by atoms with Crippen LogP contribution in [0.5, 0.6) is 0 Å². The summed E-state index contributed by atoms with van der Waals surface area (Å²) in [6, 6.07) is 19.8. The first-order valence-corrected chi connectivity index (χ1v) is 8.36. The Morgan fingerprint density at radius 1 is 0.880 bits per heavy atom. The molecule has 4 rings (SSSR count). The molecule has 2 heterocycles. The predicted octanol–water partition coefficient (Wildman–Crippen LogP) is 3.86. The SMILES string of the molecule is Cc1cccc(C#Cc2cc3n(c2)CCN(c2ccccc2)C3=O)c1. The van der Waals surface area contributed by atoms with Gasteiger partial charge in [-0.1, -0.05) is 42.2 Å². The number of anilines is 1. The molecule has 3 aromatic rings. The van der Waals surface area contributed by atoms with E-state index < -0.39 is 0 Å². The minimum Gasteiger partial charge on any atom is -0.340 e. The summed E-state index contributed by atoms with van der Waals surface area (Å²) in [6.07, 6.45) is 1.97. The van der Waals surface area contributed by atoms with E-state index in [2.05, 4.69) is 30.9 Å². The number of aryl methyl sites for hydroxylation is 1. The molecule has 3 nitrogen and oxygen atoms in total. The second kappa shape index (κ2) is 6.33. The summed E-state index contributed by atoms with van der Waals surface area (Å²) in [5.41, 5.74) is 4.69. The third-order valence-corrected chi connectivity index (χ3v) is 4.36. The molecule has 25 heavy (non-hydrogen) atoms. The topological polar surface area (TPSA) is 25.2 Å². The zero-order valence-electron chi connectivity index (χ0n) is 14.1. The van der Waals surface area contributed by atoms with Crippen molar-refractivity contribution in [3.8, 4) is 11.8 Å². The normalized spacial score (nSPS) is 13.2. The molecule has 0 aliphatic carbocycles. The highest BCUT2D eigenvalue weighted by Gasteiger charge is 2.25. The van der Waals surface area contributed by atoms with Gasteiger partial charge in [0, 0.05) is 36.1 Å². The van der Waals surface area contributed by atoms with Crippen LogP contribution in [-0.4, -0.2) is 17.0 Å². The Bertz CT molecular complexity index is 990. The number of benzene rings is 2. The van der Waals surface area contributed by atoms with Gasteiger partial charge in [-0.15, -0.1) is 0 Å². The van der Waals surface area contributed by atoms with E-state index in [1.165, 1.54) is 5.56 Å². The van der Waals surface area contributed by atoms with Crippen LogP contribution in [-0.2, 0) is 6.54 Å². The van der Waals surface area contributed by atoms with Crippen LogP contribution in [0.3, 0.4) is 0 Å². The van der Waals surface area contributed by atoms with Crippen molar-refractivity contribution in [1.29, 1.82) is 0 Å². The third-order valence-electron chi connectivity index (χ3n) is 4.36. The van der Waals surface area contributed by atoms with Crippen LogP contribution in [0.15, 0.2) is 66.9 Å². The van der Waals surface area contributed by atoms with Crippen LogP contribution in [0.4, 0.5) is 5.69 Å². The van der Waals surface area contributed by atoms with Crippen molar-refractivity contribution < 1.29 is 4.79 Å². The summed E-state index contributed by atoms with van der Waals surface area (Å²) >= 11 is 0. The lowest BCUT2D eigenvalue weighted by atomic mass is 10.1. The fraction of sp³-hybridized carbons (Fsp3) is 0.136. The van der Waals surface area contributed by atoms with Gasteiger partial charge < -0.3 is 9.47 Å². The highest BCUT2D eigenvalue weighted by Crippen LogP contribution is 2.22. The molecule has 1 aliphatic rings. The van der Waals surface area contributed by atoms with Crippen molar-refractivity contribution in [3.05, 3.63) is 89.2 Å². The smallest absolute Gasteiger partial charge is 0.274 e. The lowest BCUT2D eigenvalue weighted by Crippen LogP contribution is -2.39. The average molecular weight is 326 g/mol. The minimum absolute atomic E-state index is 0.0288. The number of para-hydroxylation sites is 1. The second-order valence-electron chi connectivity index (χ2n) is 6.22. The summed E-state index contributed by atoms with van der Waals surface area (Å²) in [4.78, 5) is 14.6. The molecule has 0 bridgehead atoms. The maximum absolute atomic E-state index is 12.8. The van der Waals surface area contributed by atoms with Gasteiger partial charge in [-0.2, -0.15) is 0 Å². The van der Waals surface area contributed by atoms with Crippen LogP contribution in [0, 0.1) is 18.8 Å². The number of nitrogens with zero attached hydrogens (tertiary/aromatic N) is 2. The van der Waals surface area contributed by atoms with E-state index in [9.17, 15) is 4.79 Å². The first-order chi connectivity index (χ1) is 12.2. The monoisotopic (exact) mass is 326 g/mol. The van der Waals surface area contributed by atoms with E-state index in [4.69, 9.17) is 0 Å². The molecule has 122 valence electrons. The maximum Gasteiger partial charge on any atom is 0.274 e. The Hall–Kier alpha value is -3.25. The standard InChI is InChI=1S/C22H18N2O/c1-17-6-5-7-18(14-17)10-11-19-15-21-22(25)24(13-12-23(21)16-19)20-8-3-2-4-9-20/h2-9,14-16H,12-13H2,1H3. The van der Waals surface area contributed by atoms with E-state index in [0.29, 0.717) is 12.2 Å².